The van der Waals surface area contributed by atoms with Gasteiger partial charge in [-0.05, 0) is 67.8 Å². The van der Waals surface area contributed by atoms with Crippen LogP contribution in [0.5, 0.6) is 0 Å². The van der Waals surface area contributed by atoms with Crippen molar-refractivity contribution in [3.8, 4) is 0 Å². The first-order valence-corrected chi connectivity index (χ1v) is 11.9. The van der Waals surface area contributed by atoms with Crippen molar-refractivity contribution >= 4 is 17.5 Å². The molecule has 32 heavy (non-hydrogen) atoms. The third-order valence-corrected chi connectivity index (χ3v) is 9.41. The third-order valence-electron chi connectivity index (χ3n) is 9.41. The van der Waals surface area contributed by atoms with Gasteiger partial charge in [-0.15, -0.1) is 0 Å². The summed E-state index contributed by atoms with van der Waals surface area (Å²) in [5.74, 6) is -0.549. The highest BCUT2D eigenvalue weighted by Gasteiger charge is 2.70. The number of ether oxygens (including phenoxy) is 2. The van der Waals surface area contributed by atoms with E-state index in [4.69, 9.17) is 9.47 Å². The van der Waals surface area contributed by atoms with Crippen molar-refractivity contribution in [3.05, 3.63) is 11.6 Å². The van der Waals surface area contributed by atoms with Gasteiger partial charge in [0.15, 0.2) is 11.4 Å². The lowest BCUT2D eigenvalue weighted by Crippen LogP contribution is -2.63. The molecule has 3 saturated carbocycles. The molecule has 0 spiro atoms. The molecule has 0 saturated heterocycles. The average molecular weight is 449 g/mol. The standard InChI is InChI=1S/C25H36O7/c1-23-9-6-16(27)12-15(23)4-5-17-18-7-10-25(20(29)14-26,32-21(30)8-11-31-3)24(18,2)13-19(28)22(17)23/h12,17-19,22,26,28H,4-11,13-14H2,1-3H3/t17-,18-,19?,22+,23-,24-,25-/m0/s1. The van der Waals surface area contributed by atoms with E-state index in [0.717, 1.165) is 24.8 Å². The first-order chi connectivity index (χ1) is 15.1. The zero-order valence-electron chi connectivity index (χ0n) is 19.4. The number of carbonyl (C=O) groups excluding carboxylic acids is 3. The van der Waals surface area contributed by atoms with Crippen LogP contribution < -0.4 is 0 Å². The van der Waals surface area contributed by atoms with E-state index in [9.17, 15) is 24.6 Å². The number of Topliss-reactive ketones (excluding diaryl/α,β-unsaturated/α-hetero) is 1. The minimum absolute atomic E-state index is 0.0119. The van der Waals surface area contributed by atoms with Crippen LogP contribution >= 0.6 is 0 Å². The second-order valence-corrected chi connectivity index (χ2v) is 10.7. The molecular formula is C25H36O7. The molecule has 0 radical (unpaired) electrons. The number of ketones is 2. The van der Waals surface area contributed by atoms with Gasteiger partial charge in [0, 0.05) is 18.9 Å². The first kappa shape index (κ1) is 23.6. The van der Waals surface area contributed by atoms with Gasteiger partial charge in [-0.3, -0.25) is 14.4 Å². The van der Waals surface area contributed by atoms with E-state index >= 15 is 0 Å². The maximum absolute atomic E-state index is 13.1. The van der Waals surface area contributed by atoms with Gasteiger partial charge < -0.3 is 19.7 Å². The van der Waals surface area contributed by atoms with Crippen LogP contribution in [0.4, 0.5) is 0 Å². The number of hydrogen-bond donors (Lipinski definition) is 2. The second-order valence-electron chi connectivity index (χ2n) is 10.7. The van der Waals surface area contributed by atoms with E-state index in [2.05, 4.69) is 6.92 Å². The predicted octanol–water partition coefficient (Wildman–Crippen LogP) is 2.37. The summed E-state index contributed by atoms with van der Waals surface area (Å²) in [5, 5.41) is 21.3. The molecule has 0 bridgehead atoms. The normalized spacial score (nSPS) is 43.0. The SMILES string of the molecule is COCCC(=O)O[C@]1(C(=O)CO)CC[C@H]2[C@@H]3CCC4=CC(=O)CC[C@]4(C)[C@H]3C(O)C[C@@]21C. The summed E-state index contributed by atoms with van der Waals surface area (Å²) in [5.41, 5.74) is -1.25. The zero-order valence-corrected chi connectivity index (χ0v) is 19.4. The van der Waals surface area contributed by atoms with Crippen molar-refractivity contribution in [3.63, 3.8) is 0 Å². The van der Waals surface area contributed by atoms with Crippen LogP contribution in [0.15, 0.2) is 11.6 Å². The summed E-state index contributed by atoms with van der Waals surface area (Å²) in [4.78, 5) is 37.8. The lowest BCUT2D eigenvalue weighted by molar-refractivity contribution is -0.202. The summed E-state index contributed by atoms with van der Waals surface area (Å²) in [6.45, 7) is 3.64. The number of aliphatic hydroxyl groups excluding tert-OH is 2. The van der Waals surface area contributed by atoms with E-state index in [1.807, 2.05) is 6.92 Å². The molecular weight excluding hydrogens is 412 g/mol. The molecule has 1 unspecified atom stereocenters. The Labute approximate surface area is 189 Å². The number of esters is 1. The van der Waals surface area contributed by atoms with Gasteiger partial charge in [0.1, 0.15) is 6.61 Å². The van der Waals surface area contributed by atoms with Crippen molar-refractivity contribution in [2.24, 2.45) is 28.6 Å². The molecule has 0 aliphatic heterocycles. The number of carbonyl (C=O) groups is 3. The van der Waals surface area contributed by atoms with Crippen LogP contribution in [-0.2, 0) is 23.9 Å². The van der Waals surface area contributed by atoms with E-state index in [-0.39, 0.29) is 42.0 Å². The number of methoxy groups -OCH3 is 1. The van der Waals surface area contributed by atoms with Crippen LogP contribution in [0, 0.1) is 28.6 Å². The first-order valence-electron chi connectivity index (χ1n) is 11.9. The van der Waals surface area contributed by atoms with Crippen molar-refractivity contribution in [2.45, 2.75) is 76.9 Å². The lowest BCUT2D eigenvalue weighted by Gasteiger charge is -2.60. The van der Waals surface area contributed by atoms with Gasteiger partial charge in [0.25, 0.3) is 0 Å². The maximum Gasteiger partial charge on any atom is 0.309 e. The fraction of sp³-hybridized carbons (Fsp3) is 0.800. The molecule has 178 valence electrons. The van der Waals surface area contributed by atoms with Crippen LogP contribution in [0.25, 0.3) is 0 Å². The predicted molar refractivity (Wildman–Crippen MR) is 116 cm³/mol. The van der Waals surface area contributed by atoms with Gasteiger partial charge in [-0.2, -0.15) is 0 Å². The Kier molecular flexibility index (Phi) is 6.14. The minimum atomic E-state index is -1.43. The minimum Gasteiger partial charge on any atom is -0.450 e. The number of fused-ring (bicyclic) bond motifs is 5. The Bertz CT molecular complexity index is 834. The lowest BCUT2D eigenvalue weighted by atomic mass is 9.45. The van der Waals surface area contributed by atoms with Gasteiger partial charge in [0.2, 0.25) is 5.78 Å². The Morgan fingerprint density at radius 2 is 1.94 bits per heavy atom. The van der Waals surface area contributed by atoms with E-state index in [1.54, 1.807) is 6.08 Å². The Morgan fingerprint density at radius 3 is 2.62 bits per heavy atom. The highest BCUT2D eigenvalue weighted by atomic mass is 16.6. The highest BCUT2D eigenvalue weighted by molar-refractivity contribution is 5.92. The highest BCUT2D eigenvalue weighted by Crippen LogP contribution is 2.68. The molecule has 4 aliphatic carbocycles. The summed E-state index contributed by atoms with van der Waals surface area (Å²) in [7, 11) is 1.50. The number of allylic oxidation sites excluding steroid dienone is 1. The third kappa shape index (κ3) is 3.31. The topological polar surface area (TPSA) is 110 Å². The van der Waals surface area contributed by atoms with Crippen LogP contribution in [-0.4, -0.2) is 59.8 Å². The summed E-state index contributed by atoms with van der Waals surface area (Å²) >= 11 is 0. The van der Waals surface area contributed by atoms with Crippen LogP contribution in [0.3, 0.4) is 0 Å². The van der Waals surface area contributed by atoms with Crippen LogP contribution in [0.2, 0.25) is 0 Å². The van der Waals surface area contributed by atoms with E-state index in [0.29, 0.717) is 25.7 Å². The molecule has 0 amide bonds. The van der Waals surface area contributed by atoms with E-state index in [1.165, 1.54) is 7.11 Å². The van der Waals surface area contributed by atoms with Crippen molar-refractivity contribution in [2.75, 3.05) is 20.3 Å². The fourth-order valence-electron chi connectivity index (χ4n) is 7.92. The molecule has 4 rings (SSSR count). The Balaban J connectivity index is 1.70. The van der Waals surface area contributed by atoms with Gasteiger partial charge in [0.05, 0.1) is 19.1 Å². The molecule has 0 aromatic rings. The molecule has 7 heteroatoms. The van der Waals surface area contributed by atoms with Crippen molar-refractivity contribution in [1.82, 2.24) is 0 Å². The Hall–Kier alpha value is -1.57. The molecule has 3 fully saturated rings. The molecule has 0 aromatic carbocycles. The number of aliphatic hydroxyl groups is 2. The molecule has 2 N–H and O–H groups in total. The van der Waals surface area contributed by atoms with Gasteiger partial charge in [-0.25, -0.2) is 0 Å². The molecule has 0 heterocycles. The fourth-order valence-corrected chi connectivity index (χ4v) is 7.92. The molecule has 7 nitrogen and oxygen atoms in total. The molecule has 4 aliphatic rings. The summed E-state index contributed by atoms with van der Waals surface area (Å²) < 4.78 is 10.9. The van der Waals surface area contributed by atoms with Gasteiger partial charge in [-0.1, -0.05) is 19.4 Å². The molecule has 7 atom stereocenters. The largest absolute Gasteiger partial charge is 0.450 e. The van der Waals surface area contributed by atoms with Crippen molar-refractivity contribution in [1.29, 1.82) is 0 Å². The second kappa shape index (κ2) is 8.33. The molecule has 0 aromatic heterocycles. The number of hydrogen-bond acceptors (Lipinski definition) is 7. The smallest absolute Gasteiger partial charge is 0.309 e. The maximum atomic E-state index is 13.1. The van der Waals surface area contributed by atoms with Crippen molar-refractivity contribution < 1.29 is 34.1 Å². The summed E-state index contributed by atoms with van der Waals surface area (Å²) in [6.07, 6.45) is 5.47. The summed E-state index contributed by atoms with van der Waals surface area (Å²) in [6, 6.07) is 0. The average Bonchev–Trinajstić information content (AvgIpc) is 3.04. The van der Waals surface area contributed by atoms with E-state index < -0.39 is 35.5 Å². The number of rotatable bonds is 6. The Morgan fingerprint density at radius 1 is 1.19 bits per heavy atom. The van der Waals surface area contributed by atoms with Gasteiger partial charge >= 0.3 is 5.97 Å². The van der Waals surface area contributed by atoms with Crippen LogP contribution in [0.1, 0.15) is 65.2 Å². The monoisotopic (exact) mass is 448 g/mol. The quantitative estimate of drug-likeness (QED) is 0.600. The zero-order chi connectivity index (χ0) is 23.3.